The summed E-state index contributed by atoms with van der Waals surface area (Å²) in [4.78, 5) is 11.8. The first-order valence-corrected chi connectivity index (χ1v) is 3.90. The van der Waals surface area contributed by atoms with E-state index in [1.807, 2.05) is 6.92 Å². The van der Waals surface area contributed by atoms with Crippen LogP contribution in [0.25, 0.3) is 0 Å². The molecule has 3 N–H and O–H groups in total. The molecule has 0 saturated heterocycles. The quantitative estimate of drug-likeness (QED) is 0.625. The van der Waals surface area contributed by atoms with Gasteiger partial charge in [-0.25, -0.2) is 5.32 Å². The number of hydrogen-bond donors (Lipinski definition) is 2. The Kier molecular flexibility index (Phi) is 1.73. The summed E-state index contributed by atoms with van der Waals surface area (Å²) in [5.41, 5.74) is 6.20. The van der Waals surface area contributed by atoms with Crippen LogP contribution in [-0.4, -0.2) is 22.6 Å². The lowest BCUT2D eigenvalue weighted by Gasteiger charge is -1.96. The Bertz CT molecular complexity index is 362. The molecule has 0 bridgehead atoms. The summed E-state index contributed by atoms with van der Waals surface area (Å²) in [6, 6.07) is 0.421. The van der Waals surface area contributed by atoms with Crippen molar-refractivity contribution in [2.45, 2.75) is 6.92 Å². The highest BCUT2D eigenvalue weighted by atomic mass is 16.5. The molecule has 1 aromatic heterocycles. The fraction of sp³-hybridized carbons (Fsp3) is 0.286. The van der Waals surface area contributed by atoms with E-state index in [0.717, 1.165) is 0 Å². The van der Waals surface area contributed by atoms with E-state index < -0.39 is 0 Å². The number of amidine groups is 1. The van der Waals surface area contributed by atoms with Crippen LogP contribution >= 0.6 is 0 Å². The van der Waals surface area contributed by atoms with Gasteiger partial charge in [0.15, 0.2) is 12.1 Å². The predicted octanol–water partition coefficient (Wildman–Crippen LogP) is -0.156. The molecule has 1 aliphatic heterocycles. The number of fused-ring (bicyclic) bond motifs is 1. The Hall–Kier alpha value is -1.85. The van der Waals surface area contributed by atoms with Crippen molar-refractivity contribution >= 4 is 23.3 Å². The van der Waals surface area contributed by atoms with Gasteiger partial charge in [-0.1, -0.05) is 4.98 Å². The monoisotopic (exact) mass is 179 g/mol. The summed E-state index contributed by atoms with van der Waals surface area (Å²) in [6.07, 6.45) is 1.37. The Labute approximate surface area is 74.9 Å². The van der Waals surface area contributed by atoms with Crippen LogP contribution in [0.2, 0.25) is 0 Å². The summed E-state index contributed by atoms with van der Waals surface area (Å²) in [5.74, 6) is 0.902. The molecule has 2 heterocycles. The fourth-order valence-corrected chi connectivity index (χ4v) is 1.03. The number of nitrogens with two attached hydrogens (primary N) is 1. The van der Waals surface area contributed by atoms with Crippen LogP contribution in [-0.2, 0) is 4.74 Å². The zero-order chi connectivity index (χ0) is 9.26. The van der Waals surface area contributed by atoms with Gasteiger partial charge in [-0.2, -0.15) is 4.98 Å². The lowest BCUT2D eigenvalue weighted by molar-refractivity contribution is 0.325. The van der Waals surface area contributed by atoms with Gasteiger partial charge in [0.25, 0.3) is 0 Å². The highest BCUT2D eigenvalue weighted by Gasteiger charge is 2.28. The highest BCUT2D eigenvalue weighted by Crippen LogP contribution is 2.26. The minimum atomic E-state index is 0.378. The number of hydrogen-bond acceptors (Lipinski definition) is 6. The standard InChI is InChI=1S/C7H9N5O/c1-2-13-7-11-4-5(8)9-3-10-6(4)12-7/h3,11H,2H2,1H3,(H2,8,9,10)/q+1. The van der Waals surface area contributed by atoms with Crippen LogP contribution in [0.1, 0.15) is 6.92 Å². The second kappa shape index (κ2) is 2.89. The number of rotatable bonds is 1. The molecule has 13 heavy (non-hydrogen) atoms. The molecule has 2 rings (SSSR count). The first kappa shape index (κ1) is 7.78. The molecule has 0 amide bonds. The van der Waals surface area contributed by atoms with E-state index >= 15 is 0 Å². The van der Waals surface area contributed by atoms with Gasteiger partial charge in [-0.15, -0.1) is 0 Å². The molecule has 6 heteroatoms. The van der Waals surface area contributed by atoms with Crippen LogP contribution in [0.5, 0.6) is 0 Å². The van der Waals surface area contributed by atoms with Crippen molar-refractivity contribution in [1.82, 2.24) is 15.0 Å². The molecule has 1 radical (unpaired) electrons. The number of aromatic nitrogens is 2. The Morgan fingerprint density at radius 1 is 1.62 bits per heavy atom. The average molecular weight is 179 g/mol. The lowest BCUT2D eigenvalue weighted by Crippen LogP contribution is -2.15. The van der Waals surface area contributed by atoms with Gasteiger partial charge in [0.1, 0.15) is 0 Å². The molecule has 0 aromatic carbocycles. The third-order valence-electron chi connectivity index (χ3n) is 1.58. The predicted molar refractivity (Wildman–Crippen MR) is 48.5 cm³/mol. The van der Waals surface area contributed by atoms with E-state index in [1.54, 1.807) is 0 Å². The van der Waals surface area contributed by atoms with E-state index in [9.17, 15) is 0 Å². The van der Waals surface area contributed by atoms with Crippen molar-refractivity contribution < 1.29 is 4.74 Å². The van der Waals surface area contributed by atoms with E-state index in [-0.39, 0.29) is 0 Å². The van der Waals surface area contributed by atoms with Gasteiger partial charge in [0, 0.05) is 0 Å². The maximum absolute atomic E-state index is 5.59. The first-order chi connectivity index (χ1) is 6.31. The van der Waals surface area contributed by atoms with Crippen LogP contribution in [0, 0.1) is 0 Å². The van der Waals surface area contributed by atoms with Gasteiger partial charge in [-0.3, -0.25) is 0 Å². The number of nitrogen functional groups attached to an aromatic ring is 1. The molecule has 1 aromatic rings. The summed E-state index contributed by atoms with van der Waals surface area (Å²) < 4.78 is 5.16. The van der Waals surface area contributed by atoms with Gasteiger partial charge in [0.05, 0.1) is 6.61 Å². The van der Waals surface area contributed by atoms with Crippen LogP contribution < -0.4 is 16.0 Å². The molecule has 67 valence electrons. The summed E-state index contributed by atoms with van der Waals surface area (Å²) in [5, 5.41) is 2.88. The van der Waals surface area contributed by atoms with E-state index in [1.165, 1.54) is 6.33 Å². The number of nitrogens with one attached hydrogen (secondary N) is 1. The van der Waals surface area contributed by atoms with Gasteiger partial charge in [0.2, 0.25) is 5.69 Å². The average Bonchev–Trinajstić information content (AvgIpc) is 2.49. The van der Waals surface area contributed by atoms with E-state index in [0.29, 0.717) is 30.0 Å². The van der Waals surface area contributed by atoms with Gasteiger partial charge in [-0.05, 0) is 11.9 Å². The molecule has 6 nitrogen and oxygen atoms in total. The van der Waals surface area contributed by atoms with Crippen molar-refractivity contribution in [3.63, 3.8) is 0 Å². The minimum absolute atomic E-state index is 0.378. The van der Waals surface area contributed by atoms with E-state index in [4.69, 9.17) is 10.5 Å². The normalized spacial score (nSPS) is 13.2. The second-order valence-corrected chi connectivity index (χ2v) is 2.43. The van der Waals surface area contributed by atoms with Crippen molar-refractivity contribution in [1.29, 1.82) is 0 Å². The van der Waals surface area contributed by atoms with Gasteiger partial charge >= 0.3 is 11.8 Å². The Balaban J connectivity index is 2.30. The van der Waals surface area contributed by atoms with Crippen molar-refractivity contribution in [3.05, 3.63) is 6.33 Å². The van der Waals surface area contributed by atoms with Crippen molar-refractivity contribution in [3.8, 4) is 0 Å². The first-order valence-electron chi connectivity index (χ1n) is 3.90. The molecular formula is C7H9N5O+. The summed E-state index contributed by atoms with van der Waals surface area (Å²) in [7, 11) is 0. The second-order valence-electron chi connectivity index (χ2n) is 2.43. The lowest BCUT2D eigenvalue weighted by atomic mass is 10.4. The van der Waals surface area contributed by atoms with Gasteiger partial charge < -0.3 is 10.5 Å². The fourth-order valence-electron chi connectivity index (χ4n) is 1.03. The molecule has 0 aliphatic carbocycles. The number of aliphatic imine (C=N–C) groups is 1. The third-order valence-corrected chi connectivity index (χ3v) is 1.58. The number of anilines is 2. The summed E-state index contributed by atoms with van der Waals surface area (Å²) >= 11 is 0. The number of ether oxygens (including phenoxy) is 1. The maximum atomic E-state index is 5.59. The summed E-state index contributed by atoms with van der Waals surface area (Å²) in [6.45, 7) is 2.43. The molecular weight excluding hydrogens is 170 g/mol. The third kappa shape index (κ3) is 1.26. The molecule has 0 saturated carbocycles. The Morgan fingerprint density at radius 3 is 3.15 bits per heavy atom. The van der Waals surface area contributed by atoms with Crippen molar-refractivity contribution in [2.75, 3.05) is 17.7 Å². The largest absolute Gasteiger partial charge is 0.441 e. The molecule has 0 unspecified atom stereocenters. The zero-order valence-electron chi connectivity index (χ0n) is 7.11. The Morgan fingerprint density at radius 2 is 2.46 bits per heavy atom. The van der Waals surface area contributed by atoms with Crippen LogP contribution in [0.15, 0.2) is 6.33 Å². The number of nitrogens with zero attached hydrogens (tertiary/aromatic N) is 3. The van der Waals surface area contributed by atoms with Crippen LogP contribution in [0.4, 0.5) is 17.3 Å². The minimum Gasteiger partial charge on any atom is -0.441 e. The molecule has 0 atom stereocenters. The molecule has 0 fully saturated rings. The SMILES string of the molecule is CCOC1=[N+]c2ncnc(N)c2N1. The molecule has 1 aliphatic rings. The smallest absolute Gasteiger partial charge is 0.433 e. The topological polar surface area (TPSA) is 87.2 Å². The maximum Gasteiger partial charge on any atom is 0.433 e. The van der Waals surface area contributed by atoms with E-state index in [2.05, 4.69) is 20.3 Å². The van der Waals surface area contributed by atoms with Crippen molar-refractivity contribution in [2.24, 2.45) is 0 Å². The highest BCUT2D eigenvalue weighted by molar-refractivity contribution is 6.00. The molecule has 0 spiro atoms. The zero-order valence-corrected chi connectivity index (χ0v) is 7.11. The van der Waals surface area contributed by atoms with Crippen LogP contribution in [0.3, 0.4) is 0 Å².